The number of phenolic OH excluding ortho intramolecular Hbond substituents is 1. The van der Waals surface area contributed by atoms with Gasteiger partial charge in [-0.2, -0.15) is 5.10 Å². The molecule has 0 aliphatic carbocycles. The summed E-state index contributed by atoms with van der Waals surface area (Å²) in [5.74, 6) is 0.418. The molecule has 0 atom stereocenters. The van der Waals surface area contributed by atoms with Gasteiger partial charge in [-0.15, -0.1) is 0 Å². The van der Waals surface area contributed by atoms with Gasteiger partial charge in [-0.3, -0.25) is 4.79 Å². The molecule has 0 bridgehead atoms. The molecule has 0 amide bonds. The van der Waals surface area contributed by atoms with Crippen molar-refractivity contribution in [2.45, 2.75) is 13.5 Å². The van der Waals surface area contributed by atoms with Crippen LogP contribution in [0.25, 0.3) is 16.8 Å². The van der Waals surface area contributed by atoms with Gasteiger partial charge >= 0.3 is 0 Å². The van der Waals surface area contributed by atoms with E-state index in [2.05, 4.69) is 16.1 Å². The third-order valence-corrected chi connectivity index (χ3v) is 4.55. The highest BCUT2D eigenvalue weighted by Crippen LogP contribution is 2.28. The van der Waals surface area contributed by atoms with Gasteiger partial charge in [0.2, 0.25) is 0 Å². The zero-order valence-corrected chi connectivity index (χ0v) is 14.7. The van der Waals surface area contributed by atoms with E-state index in [4.69, 9.17) is 4.74 Å². The Morgan fingerprint density at radius 3 is 2.89 bits per heavy atom. The summed E-state index contributed by atoms with van der Waals surface area (Å²) in [6.45, 7) is 2.40. The van der Waals surface area contributed by atoms with Crippen molar-refractivity contribution in [2.24, 2.45) is 0 Å². The smallest absolute Gasteiger partial charge is 0.155 e. The van der Waals surface area contributed by atoms with Gasteiger partial charge in [0, 0.05) is 17.8 Å². The summed E-state index contributed by atoms with van der Waals surface area (Å²) < 4.78 is 7.54. The van der Waals surface area contributed by atoms with Crippen molar-refractivity contribution in [1.29, 1.82) is 0 Å². The number of hydrogen-bond donors (Lipinski definition) is 1. The van der Waals surface area contributed by atoms with Crippen LogP contribution >= 0.6 is 0 Å². The number of pyridine rings is 1. The molecule has 0 fully saturated rings. The third-order valence-electron chi connectivity index (χ3n) is 4.55. The Morgan fingerprint density at radius 1 is 1.19 bits per heavy atom. The molecule has 6 heteroatoms. The maximum atomic E-state index is 10.8. The van der Waals surface area contributed by atoms with E-state index in [1.807, 2.05) is 37.4 Å². The lowest BCUT2D eigenvalue weighted by molar-refractivity contribution is 0.112. The van der Waals surface area contributed by atoms with Crippen LogP contribution in [0.5, 0.6) is 11.5 Å². The first kappa shape index (κ1) is 16.8. The third kappa shape index (κ3) is 3.25. The Bertz CT molecular complexity index is 1130. The molecular formula is C21H17N3O3. The largest absolute Gasteiger partial charge is 0.507 e. The van der Waals surface area contributed by atoms with Gasteiger partial charge in [-0.05, 0) is 47.9 Å². The molecule has 2 aromatic carbocycles. The highest BCUT2D eigenvalue weighted by atomic mass is 16.5. The van der Waals surface area contributed by atoms with Crippen LogP contribution in [0.2, 0.25) is 0 Å². The first-order valence-electron chi connectivity index (χ1n) is 8.45. The number of benzene rings is 2. The van der Waals surface area contributed by atoms with Crippen LogP contribution in [-0.4, -0.2) is 26.0 Å². The summed E-state index contributed by atoms with van der Waals surface area (Å²) in [7, 11) is 0. The van der Waals surface area contributed by atoms with Gasteiger partial charge in [0.25, 0.3) is 0 Å². The van der Waals surface area contributed by atoms with E-state index in [1.54, 1.807) is 10.6 Å². The van der Waals surface area contributed by atoms with Gasteiger partial charge in [-0.25, -0.2) is 9.50 Å². The van der Waals surface area contributed by atoms with Crippen LogP contribution in [0.4, 0.5) is 0 Å². The van der Waals surface area contributed by atoms with Crippen molar-refractivity contribution in [3.8, 4) is 22.6 Å². The monoisotopic (exact) mass is 359 g/mol. The second-order valence-corrected chi connectivity index (χ2v) is 6.20. The Balaban J connectivity index is 1.60. The fraction of sp³-hybridized carbons (Fsp3) is 0.0952. The summed E-state index contributed by atoms with van der Waals surface area (Å²) >= 11 is 0. The normalized spacial score (nSPS) is 10.9. The molecule has 0 aliphatic rings. The highest BCUT2D eigenvalue weighted by Gasteiger charge is 2.09. The lowest BCUT2D eigenvalue weighted by Gasteiger charge is -2.13. The number of ether oxygens (including phenoxy) is 1. The van der Waals surface area contributed by atoms with Gasteiger partial charge in [0.15, 0.2) is 11.9 Å². The molecule has 0 unspecified atom stereocenters. The van der Waals surface area contributed by atoms with Crippen LogP contribution in [0.15, 0.2) is 61.1 Å². The van der Waals surface area contributed by atoms with Crippen LogP contribution in [0.3, 0.4) is 0 Å². The number of carbonyl (C=O) groups excluding carboxylic acids is 1. The second-order valence-electron chi connectivity index (χ2n) is 6.20. The van der Waals surface area contributed by atoms with Crippen molar-refractivity contribution < 1.29 is 14.6 Å². The summed E-state index contributed by atoms with van der Waals surface area (Å²) in [4.78, 5) is 15.0. The minimum absolute atomic E-state index is 0.0888. The minimum Gasteiger partial charge on any atom is -0.507 e. The van der Waals surface area contributed by atoms with E-state index < -0.39 is 0 Å². The predicted molar refractivity (Wildman–Crippen MR) is 101 cm³/mol. The Kier molecular flexibility index (Phi) is 4.30. The predicted octanol–water partition coefficient (Wildman–Crippen LogP) is 3.80. The van der Waals surface area contributed by atoms with Crippen molar-refractivity contribution in [2.75, 3.05) is 0 Å². The molecule has 0 saturated carbocycles. The number of phenols is 1. The molecule has 0 saturated heterocycles. The fourth-order valence-electron chi connectivity index (χ4n) is 3.00. The maximum Gasteiger partial charge on any atom is 0.155 e. The average Bonchev–Trinajstić information content (AvgIpc) is 3.15. The van der Waals surface area contributed by atoms with Crippen molar-refractivity contribution in [1.82, 2.24) is 14.6 Å². The fourth-order valence-corrected chi connectivity index (χ4v) is 3.00. The van der Waals surface area contributed by atoms with Crippen molar-refractivity contribution in [3.05, 3.63) is 77.7 Å². The lowest BCUT2D eigenvalue weighted by atomic mass is 9.98. The molecule has 2 aromatic heterocycles. The standard InChI is InChI=1S/C21H17N3O3/c1-14-17(12-27-18-7-5-16(11-25)20(26)9-18)3-2-4-19(14)15-6-8-21-22-13-23-24(21)10-15/h2-11,13,26H,12H2,1H3. The van der Waals surface area contributed by atoms with E-state index in [9.17, 15) is 9.90 Å². The molecule has 0 aliphatic heterocycles. The van der Waals surface area contributed by atoms with E-state index >= 15 is 0 Å². The van der Waals surface area contributed by atoms with Gasteiger partial charge in [0.05, 0.1) is 5.56 Å². The molecule has 134 valence electrons. The zero-order valence-electron chi connectivity index (χ0n) is 14.7. The Morgan fingerprint density at radius 2 is 2.07 bits per heavy atom. The van der Waals surface area contributed by atoms with E-state index in [0.29, 0.717) is 18.6 Å². The number of nitrogens with zero attached hydrogens (tertiary/aromatic N) is 3. The number of hydrogen-bond acceptors (Lipinski definition) is 5. The molecule has 4 rings (SSSR count). The lowest BCUT2D eigenvalue weighted by Crippen LogP contribution is -2.00. The molecule has 2 heterocycles. The summed E-state index contributed by atoms with van der Waals surface area (Å²) in [5.41, 5.74) is 5.31. The first-order chi connectivity index (χ1) is 13.2. The molecule has 4 aromatic rings. The number of aldehydes is 1. The summed E-state index contributed by atoms with van der Waals surface area (Å²) in [6, 6.07) is 14.7. The molecule has 27 heavy (non-hydrogen) atoms. The van der Waals surface area contributed by atoms with Crippen molar-refractivity contribution >= 4 is 11.9 Å². The molecule has 6 nitrogen and oxygen atoms in total. The highest BCUT2D eigenvalue weighted by molar-refractivity contribution is 5.79. The quantitative estimate of drug-likeness (QED) is 0.549. The maximum absolute atomic E-state index is 10.8. The van der Waals surface area contributed by atoms with Crippen molar-refractivity contribution in [3.63, 3.8) is 0 Å². The molecule has 0 spiro atoms. The number of rotatable bonds is 5. The van der Waals surface area contributed by atoms with Crippen LogP contribution in [0, 0.1) is 6.92 Å². The van der Waals surface area contributed by atoms with E-state index in [0.717, 1.165) is 27.9 Å². The van der Waals surface area contributed by atoms with E-state index in [-0.39, 0.29) is 11.3 Å². The Labute approximate surface area is 155 Å². The average molecular weight is 359 g/mol. The van der Waals surface area contributed by atoms with Gasteiger partial charge < -0.3 is 9.84 Å². The zero-order chi connectivity index (χ0) is 18.8. The Hall–Kier alpha value is -3.67. The number of fused-ring (bicyclic) bond motifs is 1. The van der Waals surface area contributed by atoms with E-state index in [1.165, 1.54) is 18.5 Å². The summed E-state index contributed by atoms with van der Waals surface area (Å²) in [5, 5.41) is 14.0. The molecule has 0 radical (unpaired) electrons. The SMILES string of the molecule is Cc1c(COc2ccc(C=O)c(O)c2)cccc1-c1ccc2ncnn2c1. The number of aromatic nitrogens is 3. The molecular weight excluding hydrogens is 342 g/mol. The van der Waals surface area contributed by atoms with Gasteiger partial charge in [0.1, 0.15) is 24.4 Å². The van der Waals surface area contributed by atoms with Crippen LogP contribution in [0.1, 0.15) is 21.5 Å². The summed E-state index contributed by atoms with van der Waals surface area (Å²) in [6.07, 6.45) is 4.09. The first-order valence-corrected chi connectivity index (χ1v) is 8.45. The van der Waals surface area contributed by atoms with Gasteiger partial charge in [-0.1, -0.05) is 18.2 Å². The molecule has 1 N–H and O–H groups in total. The number of aromatic hydroxyl groups is 1. The van der Waals surface area contributed by atoms with Crippen LogP contribution < -0.4 is 4.74 Å². The second kappa shape index (κ2) is 6.92. The topological polar surface area (TPSA) is 76.7 Å². The minimum atomic E-state index is -0.0888. The number of carbonyl (C=O) groups is 1. The van der Waals surface area contributed by atoms with Crippen LogP contribution in [-0.2, 0) is 6.61 Å².